The predicted octanol–water partition coefficient (Wildman–Crippen LogP) is 0.458. The molecule has 0 bridgehead atoms. The number of nitrogens with zero attached hydrogens (tertiary/aromatic N) is 3. The Kier molecular flexibility index (Phi) is 1.12. The third kappa shape index (κ3) is 0.753. The van der Waals surface area contributed by atoms with Gasteiger partial charge in [0.05, 0.1) is 0 Å². The van der Waals surface area contributed by atoms with Gasteiger partial charge in [0.25, 0.3) is 0 Å². The van der Waals surface area contributed by atoms with Crippen molar-refractivity contribution < 1.29 is 0 Å². The maximum absolute atomic E-state index is 3.92. The van der Waals surface area contributed by atoms with Gasteiger partial charge in [0.2, 0.25) is 0 Å². The van der Waals surface area contributed by atoms with E-state index in [1.165, 1.54) is 0 Å². The van der Waals surface area contributed by atoms with Gasteiger partial charge in [-0.2, -0.15) is 5.10 Å². The average Bonchev–Trinajstić information content (AvgIpc) is 2.14. The first-order valence-electron chi connectivity index (χ1n) is 2.31. The molecular weight excluding hydrogens is 102 g/mol. The molecule has 1 aromatic heterocycles. The molecule has 1 aromatic rings. The van der Waals surface area contributed by atoms with Gasteiger partial charge >= 0.3 is 0 Å². The standard InChI is InChI=1S/C5H7N3/c1-3-5-6-4-8(2)7-5/h3-4H,1H2,2H3. The first kappa shape index (κ1) is 5.03. The molecule has 0 aromatic carbocycles. The minimum absolute atomic E-state index is 0.674. The maximum atomic E-state index is 3.92. The summed E-state index contributed by atoms with van der Waals surface area (Å²) in [5, 5.41) is 3.92. The minimum atomic E-state index is 0.674. The van der Waals surface area contributed by atoms with Crippen LogP contribution in [0.25, 0.3) is 6.08 Å². The van der Waals surface area contributed by atoms with E-state index in [0.29, 0.717) is 5.82 Å². The highest BCUT2D eigenvalue weighted by atomic mass is 15.3. The highest BCUT2D eigenvalue weighted by Crippen LogP contribution is 1.86. The summed E-state index contributed by atoms with van der Waals surface area (Å²) in [6.07, 6.45) is 3.25. The zero-order chi connectivity index (χ0) is 5.98. The van der Waals surface area contributed by atoms with E-state index >= 15 is 0 Å². The Balaban J connectivity index is 3.00. The Bertz CT molecular complexity index is 189. The van der Waals surface area contributed by atoms with Crippen LogP contribution in [-0.2, 0) is 7.05 Å². The second-order valence-electron chi connectivity index (χ2n) is 1.48. The molecule has 0 unspecified atom stereocenters. The van der Waals surface area contributed by atoms with Crippen LogP contribution in [0.2, 0.25) is 0 Å². The van der Waals surface area contributed by atoms with Gasteiger partial charge in [-0.3, -0.25) is 4.68 Å². The third-order valence-electron chi connectivity index (χ3n) is 0.800. The van der Waals surface area contributed by atoms with Crippen molar-refractivity contribution >= 4 is 6.08 Å². The normalized spacial score (nSPS) is 9.12. The van der Waals surface area contributed by atoms with Gasteiger partial charge in [-0.05, 0) is 6.08 Å². The van der Waals surface area contributed by atoms with Crippen molar-refractivity contribution in [1.82, 2.24) is 14.8 Å². The molecule has 0 N–H and O–H groups in total. The lowest BCUT2D eigenvalue weighted by molar-refractivity contribution is 0.763. The fourth-order valence-electron chi connectivity index (χ4n) is 0.449. The van der Waals surface area contributed by atoms with E-state index in [4.69, 9.17) is 0 Å². The summed E-state index contributed by atoms with van der Waals surface area (Å²) < 4.78 is 1.64. The molecule has 3 nitrogen and oxygen atoms in total. The Morgan fingerprint density at radius 2 is 2.62 bits per heavy atom. The summed E-state index contributed by atoms with van der Waals surface area (Å²) in [5.74, 6) is 0.674. The molecule has 0 spiro atoms. The number of hydrogen-bond acceptors (Lipinski definition) is 2. The van der Waals surface area contributed by atoms with Crippen molar-refractivity contribution in [3.8, 4) is 0 Å². The van der Waals surface area contributed by atoms with Crippen molar-refractivity contribution in [2.45, 2.75) is 0 Å². The van der Waals surface area contributed by atoms with Gasteiger partial charge in [0, 0.05) is 7.05 Å². The number of hydrogen-bond donors (Lipinski definition) is 0. The van der Waals surface area contributed by atoms with E-state index in [-0.39, 0.29) is 0 Å². The molecular formula is C5H7N3. The summed E-state index contributed by atoms with van der Waals surface area (Å²) in [4.78, 5) is 3.87. The molecule has 0 aliphatic carbocycles. The Morgan fingerprint density at radius 3 is 2.88 bits per heavy atom. The quantitative estimate of drug-likeness (QED) is 0.524. The van der Waals surface area contributed by atoms with Crippen LogP contribution >= 0.6 is 0 Å². The molecule has 0 saturated carbocycles. The summed E-state index contributed by atoms with van der Waals surface area (Å²) in [5.41, 5.74) is 0. The first-order valence-corrected chi connectivity index (χ1v) is 2.31. The Hall–Kier alpha value is -1.12. The lowest BCUT2D eigenvalue weighted by Gasteiger charge is -1.77. The lowest BCUT2D eigenvalue weighted by atomic mass is 10.6. The van der Waals surface area contributed by atoms with Crippen LogP contribution in [0.3, 0.4) is 0 Å². The van der Waals surface area contributed by atoms with E-state index in [2.05, 4.69) is 16.7 Å². The van der Waals surface area contributed by atoms with Crippen LogP contribution in [0.15, 0.2) is 12.9 Å². The van der Waals surface area contributed by atoms with E-state index in [1.807, 2.05) is 7.05 Å². The molecule has 3 heteroatoms. The van der Waals surface area contributed by atoms with Gasteiger partial charge in [-0.25, -0.2) is 4.98 Å². The molecule has 0 aliphatic heterocycles. The van der Waals surface area contributed by atoms with E-state index in [1.54, 1.807) is 17.1 Å². The second-order valence-corrected chi connectivity index (χ2v) is 1.48. The highest BCUT2D eigenvalue weighted by Gasteiger charge is 1.86. The molecule has 8 heavy (non-hydrogen) atoms. The summed E-state index contributed by atoms with van der Waals surface area (Å²) >= 11 is 0. The van der Waals surface area contributed by atoms with Crippen LogP contribution in [0.1, 0.15) is 5.82 Å². The van der Waals surface area contributed by atoms with Crippen molar-refractivity contribution in [3.63, 3.8) is 0 Å². The Labute approximate surface area is 47.7 Å². The zero-order valence-electron chi connectivity index (χ0n) is 4.70. The number of rotatable bonds is 1. The molecule has 0 fully saturated rings. The van der Waals surface area contributed by atoms with Gasteiger partial charge in [0.1, 0.15) is 6.33 Å². The summed E-state index contributed by atoms with van der Waals surface area (Å²) in [6, 6.07) is 0. The minimum Gasteiger partial charge on any atom is -0.255 e. The molecule has 1 rings (SSSR count). The van der Waals surface area contributed by atoms with Crippen LogP contribution in [0, 0.1) is 0 Å². The van der Waals surface area contributed by atoms with Crippen LogP contribution in [0.4, 0.5) is 0 Å². The van der Waals surface area contributed by atoms with Crippen molar-refractivity contribution in [3.05, 3.63) is 18.7 Å². The van der Waals surface area contributed by atoms with Gasteiger partial charge in [-0.1, -0.05) is 6.58 Å². The SMILES string of the molecule is C=Cc1ncn(C)n1. The zero-order valence-corrected chi connectivity index (χ0v) is 4.70. The predicted molar refractivity (Wildman–Crippen MR) is 31.1 cm³/mol. The van der Waals surface area contributed by atoms with Crippen LogP contribution in [0.5, 0.6) is 0 Å². The molecule has 0 atom stereocenters. The second kappa shape index (κ2) is 1.78. The van der Waals surface area contributed by atoms with Gasteiger partial charge < -0.3 is 0 Å². The van der Waals surface area contributed by atoms with Crippen LogP contribution < -0.4 is 0 Å². The molecule has 0 amide bonds. The average molecular weight is 109 g/mol. The van der Waals surface area contributed by atoms with Crippen molar-refractivity contribution in [1.29, 1.82) is 0 Å². The molecule has 1 heterocycles. The molecule has 0 aliphatic rings. The monoisotopic (exact) mass is 109 g/mol. The Morgan fingerprint density at radius 1 is 1.88 bits per heavy atom. The fourth-order valence-corrected chi connectivity index (χ4v) is 0.449. The third-order valence-corrected chi connectivity index (χ3v) is 0.800. The van der Waals surface area contributed by atoms with Crippen molar-refractivity contribution in [2.75, 3.05) is 0 Å². The first-order chi connectivity index (χ1) is 3.83. The summed E-state index contributed by atoms with van der Waals surface area (Å²) in [7, 11) is 1.82. The molecule has 0 radical (unpaired) electrons. The van der Waals surface area contributed by atoms with Gasteiger partial charge in [0.15, 0.2) is 5.82 Å². The molecule has 0 saturated heterocycles. The molecule has 42 valence electrons. The van der Waals surface area contributed by atoms with E-state index in [9.17, 15) is 0 Å². The smallest absolute Gasteiger partial charge is 0.173 e. The maximum Gasteiger partial charge on any atom is 0.173 e. The topological polar surface area (TPSA) is 30.7 Å². The van der Waals surface area contributed by atoms with Gasteiger partial charge in [-0.15, -0.1) is 0 Å². The summed E-state index contributed by atoms with van der Waals surface area (Å²) in [6.45, 7) is 3.51. The lowest BCUT2D eigenvalue weighted by Crippen LogP contribution is -1.86. The van der Waals surface area contributed by atoms with E-state index < -0.39 is 0 Å². The fraction of sp³-hybridized carbons (Fsp3) is 0.200. The number of aryl methyl sites for hydroxylation is 1. The van der Waals surface area contributed by atoms with Crippen molar-refractivity contribution in [2.24, 2.45) is 7.05 Å². The van der Waals surface area contributed by atoms with Crippen LogP contribution in [-0.4, -0.2) is 14.8 Å². The number of aromatic nitrogens is 3. The largest absolute Gasteiger partial charge is 0.255 e. The highest BCUT2D eigenvalue weighted by molar-refractivity contribution is 5.33. The van der Waals surface area contributed by atoms with E-state index in [0.717, 1.165) is 0 Å².